The van der Waals surface area contributed by atoms with E-state index in [-0.39, 0.29) is 12.5 Å². The van der Waals surface area contributed by atoms with E-state index < -0.39 is 0 Å². The normalized spacial score (nSPS) is 19.5. The first-order chi connectivity index (χ1) is 8.20. The van der Waals surface area contributed by atoms with Crippen molar-refractivity contribution < 1.29 is 4.79 Å². The highest BCUT2D eigenvalue weighted by Crippen LogP contribution is 2.21. The minimum absolute atomic E-state index is 0.0750. The van der Waals surface area contributed by atoms with Crippen LogP contribution in [0.1, 0.15) is 12.1 Å². The lowest BCUT2D eigenvalue weighted by atomic mass is 10.2. The number of amides is 1. The maximum atomic E-state index is 12.0. The highest BCUT2D eigenvalue weighted by atomic mass is 32.2. The number of rotatable bonds is 4. The van der Waals surface area contributed by atoms with Crippen molar-refractivity contribution in [3.63, 3.8) is 0 Å². The second-order valence-corrected chi connectivity index (χ2v) is 5.28. The van der Waals surface area contributed by atoms with E-state index in [2.05, 4.69) is 10.3 Å². The Labute approximate surface area is 105 Å². The van der Waals surface area contributed by atoms with Gasteiger partial charge in [-0.15, -0.1) is 5.10 Å². The molecular weight excluding hydrogens is 238 g/mol. The molecule has 6 nitrogen and oxygen atoms in total. The molecule has 1 saturated heterocycles. The third-order valence-corrected chi connectivity index (χ3v) is 4.08. The Morgan fingerprint density at radius 3 is 3.18 bits per heavy atom. The summed E-state index contributed by atoms with van der Waals surface area (Å²) in [6, 6.07) is 0.366. The predicted molar refractivity (Wildman–Crippen MR) is 66.4 cm³/mol. The standard InChI is InChI=1S/C10H17N5OS/c1-14(9-2-3-17-7-9)10(16)6-15-5-8(4-11)12-13-15/h5,9H,2-4,6-7,11H2,1H3. The van der Waals surface area contributed by atoms with Crippen molar-refractivity contribution in [1.29, 1.82) is 0 Å². The Hall–Kier alpha value is -1.08. The monoisotopic (exact) mass is 255 g/mol. The summed E-state index contributed by atoms with van der Waals surface area (Å²) in [6.07, 6.45) is 2.80. The maximum Gasteiger partial charge on any atom is 0.244 e. The molecule has 0 bridgehead atoms. The largest absolute Gasteiger partial charge is 0.340 e. The van der Waals surface area contributed by atoms with Crippen molar-refractivity contribution in [3.8, 4) is 0 Å². The molecule has 0 radical (unpaired) electrons. The molecule has 2 N–H and O–H groups in total. The number of aromatic nitrogens is 3. The summed E-state index contributed by atoms with van der Waals surface area (Å²) < 4.78 is 1.54. The molecule has 2 rings (SSSR count). The summed E-state index contributed by atoms with van der Waals surface area (Å²) in [7, 11) is 1.86. The number of carbonyl (C=O) groups is 1. The van der Waals surface area contributed by atoms with E-state index in [1.54, 1.807) is 10.9 Å². The second kappa shape index (κ2) is 5.50. The molecule has 94 valence electrons. The fourth-order valence-corrected chi connectivity index (χ4v) is 3.06. The van der Waals surface area contributed by atoms with Crippen LogP contribution in [0, 0.1) is 0 Å². The van der Waals surface area contributed by atoms with Crippen LogP contribution in [-0.4, -0.2) is 50.4 Å². The van der Waals surface area contributed by atoms with Gasteiger partial charge in [0.05, 0.1) is 11.9 Å². The van der Waals surface area contributed by atoms with Gasteiger partial charge in [0.2, 0.25) is 5.91 Å². The van der Waals surface area contributed by atoms with Crippen LogP contribution in [0.3, 0.4) is 0 Å². The van der Waals surface area contributed by atoms with Gasteiger partial charge in [-0.1, -0.05) is 5.21 Å². The van der Waals surface area contributed by atoms with Gasteiger partial charge >= 0.3 is 0 Å². The van der Waals surface area contributed by atoms with Crippen molar-refractivity contribution in [2.45, 2.75) is 25.6 Å². The summed E-state index contributed by atoms with van der Waals surface area (Å²) in [6.45, 7) is 0.591. The number of nitrogens with two attached hydrogens (primary N) is 1. The second-order valence-electron chi connectivity index (χ2n) is 4.13. The fourth-order valence-electron chi connectivity index (χ4n) is 1.79. The zero-order chi connectivity index (χ0) is 12.3. The Bertz CT molecular complexity index is 388. The first-order valence-corrected chi connectivity index (χ1v) is 6.78. The highest BCUT2D eigenvalue weighted by Gasteiger charge is 2.23. The molecule has 1 unspecified atom stereocenters. The first kappa shape index (κ1) is 12.4. The van der Waals surface area contributed by atoms with Crippen molar-refractivity contribution >= 4 is 17.7 Å². The Morgan fingerprint density at radius 1 is 1.76 bits per heavy atom. The summed E-state index contributed by atoms with van der Waals surface area (Å²) in [5.41, 5.74) is 6.14. The van der Waals surface area contributed by atoms with Gasteiger partial charge in [-0.3, -0.25) is 4.79 Å². The van der Waals surface area contributed by atoms with Crippen LogP contribution < -0.4 is 5.73 Å². The molecule has 1 amide bonds. The van der Waals surface area contributed by atoms with E-state index in [1.807, 2.05) is 23.7 Å². The lowest BCUT2D eigenvalue weighted by Gasteiger charge is -2.23. The van der Waals surface area contributed by atoms with Crippen LogP contribution in [0.2, 0.25) is 0 Å². The van der Waals surface area contributed by atoms with Crippen molar-refractivity contribution in [3.05, 3.63) is 11.9 Å². The molecule has 1 aliphatic heterocycles. The number of nitrogens with zero attached hydrogens (tertiary/aromatic N) is 4. The minimum atomic E-state index is 0.0750. The van der Waals surface area contributed by atoms with Crippen molar-refractivity contribution in [2.75, 3.05) is 18.6 Å². The van der Waals surface area contributed by atoms with E-state index in [1.165, 1.54) is 0 Å². The quantitative estimate of drug-likeness (QED) is 0.799. The fraction of sp³-hybridized carbons (Fsp3) is 0.700. The van der Waals surface area contributed by atoms with Crippen LogP contribution in [0.5, 0.6) is 0 Å². The third-order valence-electron chi connectivity index (χ3n) is 2.94. The molecule has 0 aliphatic carbocycles. The number of thioether (sulfide) groups is 1. The SMILES string of the molecule is CN(C(=O)Cn1cc(CN)nn1)C1CCSC1. The van der Waals surface area contributed by atoms with Crippen LogP contribution in [0.25, 0.3) is 0 Å². The van der Waals surface area contributed by atoms with E-state index in [0.29, 0.717) is 18.3 Å². The number of carbonyl (C=O) groups excluding carboxylic acids is 1. The lowest BCUT2D eigenvalue weighted by Crippen LogP contribution is -2.39. The van der Waals surface area contributed by atoms with Gasteiger partial charge in [-0.25, -0.2) is 4.68 Å². The van der Waals surface area contributed by atoms with Gasteiger partial charge in [0.1, 0.15) is 6.54 Å². The van der Waals surface area contributed by atoms with Crippen LogP contribution in [-0.2, 0) is 17.9 Å². The molecule has 1 aliphatic rings. The highest BCUT2D eigenvalue weighted by molar-refractivity contribution is 7.99. The number of hydrogen-bond acceptors (Lipinski definition) is 5. The number of hydrogen-bond donors (Lipinski definition) is 1. The summed E-state index contributed by atoms with van der Waals surface area (Å²) in [4.78, 5) is 13.8. The average Bonchev–Trinajstić information content (AvgIpc) is 2.98. The summed E-state index contributed by atoms with van der Waals surface area (Å²) >= 11 is 1.90. The Morgan fingerprint density at radius 2 is 2.59 bits per heavy atom. The molecule has 7 heteroatoms. The van der Waals surface area contributed by atoms with E-state index in [0.717, 1.165) is 17.9 Å². The van der Waals surface area contributed by atoms with Gasteiger partial charge in [0, 0.05) is 25.4 Å². The summed E-state index contributed by atoms with van der Waals surface area (Å²) in [5.74, 6) is 2.25. The Balaban J connectivity index is 1.91. The molecule has 1 fully saturated rings. The topological polar surface area (TPSA) is 77.0 Å². The summed E-state index contributed by atoms with van der Waals surface area (Å²) in [5, 5.41) is 7.73. The molecule has 1 aromatic heterocycles. The van der Waals surface area contributed by atoms with Gasteiger partial charge in [-0.2, -0.15) is 11.8 Å². The molecule has 1 atom stereocenters. The maximum absolute atomic E-state index is 12.0. The zero-order valence-corrected chi connectivity index (χ0v) is 10.7. The van der Waals surface area contributed by atoms with Gasteiger partial charge in [0.25, 0.3) is 0 Å². The molecular formula is C10H17N5OS. The van der Waals surface area contributed by atoms with Gasteiger partial charge in [-0.05, 0) is 12.2 Å². The van der Waals surface area contributed by atoms with E-state index in [9.17, 15) is 4.79 Å². The first-order valence-electron chi connectivity index (χ1n) is 5.63. The van der Waals surface area contributed by atoms with E-state index in [4.69, 9.17) is 5.73 Å². The lowest BCUT2D eigenvalue weighted by molar-refractivity contribution is -0.132. The van der Waals surface area contributed by atoms with Gasteiger partial charge < -0.3 is 10.6 Å². The predicted octanol–water partition coefficient (Wildman–Crippen LogP) is -0.299. The van der Waals surface area contributed by atoms with Crippen LogP contribution >= 0.6 is 11.8 Å². The molecule has 0 aromatic carbocycles. The van der Waals surface area contributed by atoms with E-state index >= 15 is 0 Å². The molecule has 1 aromatic rings. The van der Waals surface area contributed by atoms with Crippen LogP contribution in [0.4, 0.5) is 0 Å². The third kappa shape index (κ3) is 2.98. The zero-order valence-electron chi connectivity index (χ0n) is 9.87. The average molecular weight is 255 g/mol. The molecule has 17 heavy (non-hydrogen) atoms. The van der Waals surface area contributed by atoms with Gasteiger partial charge in [0.15, 0.2) is 0 Å². The molecule has 0 spiro atoms. The van der Waals surface area contributed by atoms with Crippen molar-refractivity contribution in [1.82, 2.24) is 19.9 Å². The minimum Gasteiger partial charge on any atom is -0.340 e. The number of likely N-dealkylation sites (N-methyl/N-ethyl adjacent to an activating group) is 1. The smallest absolute Gasteiger partial charge is 0.244 e. The van der Waals surface area contributed by atoms with Crippen LogP contribution in [0.15, 0.2) is 6.20 Å². The Kier molecular flexibility index (Phi) is 4.01. The molecule has 2 heterocycles. The molecule has 0 saturated carbocycles. The van der Waals surface area contributed by atoms with Crippen molar-refractivity contribution in [2.24, 2.45) is 5.73 Å².